The van der Waals surface area contributed by atoms with Gasteiger partial charge in [0.15, 0.2) is 0 Å². The minimum absolute atomic E-state index is 0.304. The minimum atomic E-state index is -0.909. The van der Waals surface area contributed by atoms with E-state index in [-0.39, 0.29) is 0 Å². The Bertz CT molecular complexity index is 493. The lowest BCUT2D eigenvalue weighted by Gasteiger charge is -2.17. The molecule has 0 aliphatic heterocycles. The Morgan fingerprint density at radius 1 is 1.47 bits per heavy atom. The Morgan fingerprint density at radius 3 is 2.68 bits per heavy atom. The van der Waals surface area contributed by atoms with Gasteiger partial charge in [-0.3, -0.25) is 0 Å². The molecule has 0 radical (unpaired) electrons. The fourth-order valence-electron chi connectivity index (χ4n) is 2.73. The predicted molar refractivity (Wildman–Crippen MR) is 75.7 cm³/mol. The summed E-state index contributed by atoms with van der Waals surface area (Å²) < 4.78 is 0. The number of aromatic carboxylic acids is 1. The van der Waals surface area contributed by atoms with Crippen molar-refractivity contribution < 1.29 is 9.90 Å². The number of aromatic nitrogens is 1. The number of pyridine rings is 1. The molecule has 1 aliphatic carbocycles. The van der Waals surface area contributed by atoms with E-state index in [1.807, 2.05) is 19.9 Å². The van der Waals surface area contributed by atoms with Crippen molar-refractivity contribution >= 4 is 11.8 Å². The second-order valence-corrected chi connectivity index (χ2v) is 5.71. The average molecular weight is 262 g/mol. The lowest BCUT2D eigenvalue weighted by Crippen LogP contribution is -2.19. The van der Waals surface area contributed by atoms with Crippen LogP contribution in [0, 0.1) is 19.3 Å². The molecule has 1 aromatic heterocycles. The molecular formula is C15H22N2O2. The predicted octanol–water partition coefficient (Wildman–Crippen LogP) is 3.39. The van der Waals surface area contributed by atoms with Gasteiger partial charge in [-0.15, -0.1) is 0 Å². The number of hydrogen-bond donors (Lipinski definition) is 2. The molecule has 0 aromatic carbocycles. The molecule has 4 nitrogen and oxygen atoms in total. The first kappa shape index (κ1) is 13.8. The van der Waals surface area contributed by atoms with E-state index in [2.05, 4.69) is 17.2 Å². The van der Waals surface area contributed by atoms with E-state index in [4.69, 9.17) is 0 Å². The first-order chi connectivity index (χ1) is 8.97. The number of rotatable bonds is 6. The second-order valence-electron chi connectivity index (χ2n) is 5.71. The highest BCUT2D eigenvalue weighted by Crippen LogP contribution is 2.49. The molecule has 0 amide bonds. The van der Waals surface area contributed by atoms with Crippen molar-refractivity contribution in [2.45, 2.75) is 46.5 Å². The molecule has 0 atom stereocenters. The van der Waals surface area contributed by atoms with Gasteiger partial charge in [-0.2, -0.15) is 0 Å². The van der Waals surface area contributed by atoms with Crippen LogP contribution in [-0.4, -0.2) is 22.6 Å². The van der Waals surface area contributed by atoms with Gasteiger partial charge in [0.1, 0.15) is 11.4 Å². The van der Waals surface area contributed by atoms with Crippen molar-refractivity contribution in [3.05, 3.63) is 22.9 Å². The number of carbonyl (C=O) groups is 1. The smallest absolute Gasteiger partial charge is 0.339 e. The van der Waals surface area contributed by atoms with Gasteiger partial charge in [0, 0.05) is 12.2 Å². The van der Waals surface area contributed by atoms with Gasteiger partial charge in [-0.25, -0.2) is 9.78 Å². The maximum atomic E-state index is 11.3. The van der Waals surface area contributed by atoms with Crippen molar-refractivity contribution in [1.29, 1.82) is 0 Å². The Balaban J connectivity index is 2.17. The molecule has 1 fully saturated rings. The van der Waals surface area contributed by atoms with Gasteiger partial charge in [0.25, 0.3) is 0 Å². The minimum Gasteiger partial charge on any atom is -0.478 e. The summed E-state index contributed by atoms with van der Waals surface area (Å²) in [5, 5.41) is 12.6. The van der Waals surface area contributed by atoms with E-state index in [1.165, 1.54) is 25.7 Å². The monoisotopic (exact) mass is 262 g/mol. The van der Waals surface area contributed by atoms with E-state index >= 15 is 0 Å². The summed E-state index contributed by atoms with van der Waals surface area (Å²) in [6.45, 7) is 6.74. The van der Waals surface area contributed by atoms with Crippen molar-refractivity contribution in [1.82, 2.24) is 4.98 Å². The maximum Gasteiger partial charge on any atom is 0.339 e. The summed E-state index contributed by atoms with van der Waals surface area (Å²) in [7, 11) is 0. The molecule has 1 aromatic rings. The van der Waals surface area contributed by atoms with Crippen LogP contribution in [0.15, 0.2) is 6.07 Å². The molecule has 0 bridgehead atoms. The van der Waals surface area contributed by atoms with Crippen LogP contribution in [0.2, 0.25) is 0 Å². The van der Waals surface area contributed by atoms with Gasteiger partial charge < -0.3 is 10.4 Å². The number of nitrogens with one attached hydrogen (secondary N) is 1. The first-order valence-corrected chi connectivity index (χ1v) is 6.93. The molecule has 0 saturated heterocycles. The van der Waals surface area contributed by atoms with Crippen molar-refractivity contribution in [3.8, 4) is 0 Å². The third kappa shape index (κ3) is 3.06. The third-order valence-corrected chi connectivity index (χ3v) is 3.93. The lowest BCUT2D eigenvalue weighted by atomic mass is 10.0. The van der Waals surface area contributed by atoms with E-state index in [0.29, 0.717) is 16.8 Å². The van der Waals surface area contributed by atoms with Crippen molar-refractivity contribution in [3.63, 3.8) is 0 Å². The quantitative estimate of drug-likeness (QED) is 0.825. The number of hydrogen-bond acceptors (Lipinski definition) is 3. The third-order valence-electron chi connectivity index (χ3n) is 3.93. The van der Waals surface area contributed by atoms with E-state index < -0.39 is 5.97 Å². The molecule has 0 spiro atoms. The molecule has 4 heteroatoms. The zero-order valence-electron chi connectivity index (χ0n) is 11.9. The Hall–Kier alpha value is -1.58. The molecule has 2 N–H and O–H groups in total. The summed E-state index contributed by atoms with van der Waals surface area (Å²) in [6.07, 6.45) is 4.85. The van der Waals surface area contributed by atoms with Crippen molar-refractivity contribution in [2.24, 2.45) is 5.41 Å². The van der Waals surface area contributed by atoms with Crippen LogP contribution in [0.5, 0.6) is 0 Å². The number of anilines is 1. The van der Waals surface area contributed by atoms with E-state index in [0.717, 1.165) is 17.8 Å². The number of carboxylic acids is 1. The number of carboxylic acid groups (broad SMARTS) is 1. The standard InChI is InChI=1S/C15H22N2O2/c1-4-5-15(6-7-15)9-16-13-12(14(18)19)10(2)8-11(3)17-13/h8H,4-7,9H2,1-3H3,(H,16,17)(H,18,19). The highest BCUT2D eigenvalue weighted by molar-refractivity contribution is 5.94. The van der Waals surface area contributed by atoms with Gasteiger partial charge in [0.2, 0.25) is 0 Å². The zero-order chi connectivity index (χ0) is 14.0. The second kappa shape index (κ2) is 5.19. The number of nitrogens with zero attached hydrogens (tertiary/aromatic N) is 1. The normalized spacial score (nSPS) is 16.2. The fourth-order valence-corrected chi connectivity index (χ4v) is 2.73. The summed E-state index contributed by atoms with van der Waals surface area (Å²) >= 11 is 0. The summed E-state index contributed by atoms with van der Waals surface area (Å²) in [5.41, 5.74) is 2.30. The molecule has 0 unspecified atom stereocenters. The van der Waals surface area contributed by atoms with Gasteiger partial charge in [-0.05, 0) is 50.2 Å². The summed E-state index contributed by atoms with van der Waals surface area (Å²) in [5.74, 6) is -0.389. The molecule has 1 heterocycles. The van der Waals surface area contributed by atoms with Crippen LogP contribution in [0.4, 0.5) is 5.82 Å². The summed E-state index contributed by atoms with van der Waals surface area (Å²) in [6, 6.07) is 1.81. The van der Waals surface area contributed by atoms with Crippen LogP contribution >= 0.6 is 0 Å². The summed E-state index contributed by atoms with van der Waals surface area (Å²) in [4.78, 5) is 15.7. The Kier molecular flexibility index (Phi) is 3.78. The Morgan fingerprint density at radius 2 is 2.16 bits per heavy atom. The number of aryl methyl sites for hydroxylation is 2. The SMILES string of the molecule is CCCC1(CNc2nc(C)cc(C)c2C(=O)O)CC1. The van der Waals surface area contributed by atoms with E-state index in [1.54, 1.807) is 0 Å². The van der Waals surface area contributed by atoms with Crippen LogP contribution < -0.4 is 5.32 Å². The van der Waals surface area contributed by atoms with Gasteiger partial charge in [0.05, 0.1) is 0 Å². The highest BCUT2D eigenvalue weighted by Gasteiger charge is 2.41. The lowest BCUT2D eigenvalue weighted by molar-refractivity contribution is 0.0696. The largest absolute Gasteiger partial charge is 0.478 e. The zero-order valence-corrected chi connectivity index (χ0v) is 11.9. The molecule has 1 aliphatic rings. The fraction of sp³-hybridized carbons (Fsp3) is 0.600. The molecular weight excluding hydrogens is 240 g/mol. The first-order valence-electron chi connectivity index (χ1n) is 6.93. The van der Waals surface area contributed by atoms with Gasteiger partial charge >= 0.3 is 5.97 Å². The Labute approximate surface area is 114 Å². The van der Waals surface area contributed by atoms with Gasteiger partial charge in [-0.1, -0.05) is 13.3 Å². The van der Waals surface area contributed by atoms with Crippen LogP contribution in [0.25, 0.3) is 0 Å². The van der Waals surface area contributed by atoms with E-state index in [9.17, 15) is 9.90 Å². The topological polar surface area (TPSA) is 62.2 Å². The highest BCUT2D eigenvalue weighted by atomic mass is 16.4. The molecule has 2 rings (SSSR count). The van der Waals surface area contributed by atoms with Crippen molar-refractivity contribution in [2.75, 3.05) is 11.9 Å². The molecule has 1 saturated carbocycles. The molecule has 19 heavy (non-hydrogen) atoms. The van der Waals surface area contributed by atoms with Crippen LogP contribution in [0.3, 0.4) is 0 Å². The van der Waals surface area contributed by atoms with Crippen LogP contribution in [0.1, 0.15) is 54.2 Å². The maximum absolute atomic E-state index is 11.3. The average Bonchev–Trinajstić information content (AvgIpc) is 3.06. The van der Waals surface area contributed by atoms with Crippen LogP contribution in [-0.2, 0) is 0 Å². The molecule has 104 valence electrons.